The van der Waals surface area contributed by atoms with Gasteiger partial charge in [-0.15, -0.1) is 11.3 Å². The maximum absolute atomic E-state index is 13.5. The molecule has 2 heterocycles. The summed E-state index contributed by atoms with van der Waals surface area (Å²) >= 11 is 0.855. The SMILES string of the molecule is CCOC(=O)c1sc(NC(=O)c2ccn(COc3cc(F)ccc3[N+](=O)[O-])n2)c(C(=O)OC)c1C. The molecule has 12 nitrogen and oxygen atoms in total. The molecular weight excluding hydrogens is 487 g/mol. The van der Waals surface area contributed by atoms with Crippen molar-refractivity contribution in [2.24, 2.45) is 0 Å². The Morgan fingerprint density at radius 2 is 2.00 bits per heavy atom. The first kappa shape index (κ1) is 25.3. The van der Waals surface area contributed by atoms with E-state index in [4.69, 9.17) is 14.2 Å². The van der Waals surface area contributed by atoms with Gasteiger partial charge < -0.3 is 19.5 Å². The first-order valence-corrected chi connectivity index (χ1v) is 10.8. The average molecular weight is 506 g/mol. The van der Waals surface area contributed by atoms with Gasteiger partial charge in [0.05, 0.1) is 24.2 Å². The van der Waals surface area contributed by atoms with Crippen LogP contribution in [0.4, 0.5) is 15.1 Å². The van der Waals surface area contributed by atoms with Crippen molar-refractivity contribution >= 4 is 39.9 Å². The van der Waals surface area contributed by atoms with Crippen LogP contribution in [0.3, 0.4) is 0 Å². The summed E-state index contributed by atoms with van der Waals surface area (Å²) in [7, 11) is 1.17. The van der Waals surface area contributed by atoms with Gasteiger partial charge in [0.1, 0.15) is 15.7 Å². The van der Waals surface area contributed by atoms with Gasteiger partial charge in [-0.3, -0.25) is 14.9 Å². The number of nitro benzene ring substituents is 1. The van der Waals surface area contributed by atoms with Gasteiger partial charge in [0.25, 0.3) is 5.91 Å². The van der Waals surface area contributed by atoms with Crippen LogP contribution >= 0.6 is 11.3 Å². The van der Waals surface area contributed by atoms with E-state index in [0.29, 0.717) is 5.56 Å². The van der Waals surface area contributed by atoms with Crippen LogP contribution < -0.4 is 10.1 Å². The average Bonchev–Trinajstić information content (AvgIpc) is 3.42. The molecule has 0 spiro atoms. The molecule has 0 saturated carbocycles. The Morgan fingerprint density at radius 3 is 2.66 bits per heavy atom. The minimum Gasteiger partial charge on any atom is -0.465 e. The maximum atomic E-state index is 13.5. The van der Waals surface area contributed by atoms with E-state index in [-0.39, 0.29) is 40.2 Å². The third-order valence-electron chi connectivity index (χ3n) is 4.57. The smallest absolute Gasteiger partial charge is 0.348 e. The fourth-order valence-electron chi connectivity index (χ4n) is 2.95. The number of carbonyl (C=O) groups excluding carboxylic acids is 3. The largest absolute Gasteiger partial charge is 0.465 e. The second-order valence-corrected chi connectivity index (χ2v) is 7.83. The molecule has 184 valence electrons. The number of hydrogen-bond acceptors (Lipinski definition) is 10. The summed E-state index contributed by atoms with van der Waals surface area (Å²) < 4.78 is 29.7. The molecule has 0 atom stereocenters. The zero-order chi connectivity index (χ0) is 25.7. The number of amides is 1. The molecule has 2 aromatic heterocycles. The molecule has 0 bridgehead atoms. The van der Waals surface area contributed by atoms with Crippen LogP contribution in [0.15, 0.2) is 30.5 Å². The highest BCUT2D eigenvalue weighted by atomic mass is 32.1. The molecule has 0 saturated heterocycles. The number of nitrogens with zero attached hydrogens (tertiary/aromatic N) is 3. The minimum absolute atomic E-state index is 0.00934. The van der Waals surface area contributed by atoms with E-state index >= 15 is 0 Å². The Balaban J connectivity index is 1.78. The van der Waals surface area contributed by atoms with Crippen molar-refractivity contribution in [3.8, 4) is 5.75 Å². The summed E-state index contributed by atoms with van der Waals surface area (Å²) in [5.74, 6) is -3.13. The van der Waals surface area contributed by atoms with Crippen molar-refractivity contribution in [3.05, 3.63) is 68.1 Å². The predicted octanol–water partition coefficient (Wildman–Crippen LogP) is 3.55. The van der Waals surface area contributed by atoms with Crippen molar-refractivity contribution in [2.45, 2.75) is 20.6 Å². The van der Waals surface area contributed by atoms with Crippen LogP contribution in [0.25, 0.3) is 0 Å². The molecule has 1 aromatic carbocycles. The Labute approximate surface area is 201 Å². The number of rotatable bonds is 9. The fraction of sp³-hybridized carbons (Fsp3) is 0.238. The van der Waals surface area contributed by atoms with Gasteiger partial charge in [-0.1, -0.05) is 0 Å². The number of nitro groups is 1. The molecule has 3 aromatic rings. The third-order valence-corrected chi connectivity index (χ3v) is 5.76. The summed E-state index contributed by atoms with van der Waals surface area (Å²) in [6.45, 7) is 2.94. The Kier molecular flexibility index (Phi) is 7.76. The summed E-state index contributed by atoms with van der Waals surface area (Å²) in [6, 6.07) is 4.11. The van der Waals surface area contributed by atoms with E-state index in [2.05, 4.69) is 10.4 Å². The highest BCUT2D eigenvalue weighted by Gasteiger charge is 2.27. The lowest BCUT2D eigenvalue weighted by Crippen LogP contribution is -2.16. The van der Waals surface area contributed by atoms with Gasteiger partial charge in [-0.25, -0.2) is 18.7 Å². The van der Waals surface area contributed by atoms with Crippen molar-refractivity contribution in [2.75, 3.05) is 19.0 Å². The number of thiophene rings is 1. The molecule has 0 radical (unpaired) electrons. The van der Waals surface area contributed by atoms with Crippen LogP contribution in [-0.4, -0.2) is 46.3 Å². The molecule has 1 amide bonds. The van der Waals surface area contributed by atoms with Gasteiger partial charge in [-0.05, 0) is 31.5 Å². The lowest BCUT2D eigenvalue weighted by molar-refractivity contribution is -0.386. The fourth-order valence-corrected chi connectivity index (χ4v) is 4.04. The van der Waals surface area contributed by atoms with Crippen LogP contribution in [0, 0.1) is 22.9 Å². The van der Waals surface area contributed by atoms with E-state index in [1.165, 1.54) is 26.3 Å². The summed E-state index contributed by atoms with van der Waals surface area (Å²) in [6.07, 6.45) is 1.37. The summed E-state index contributed by atoms with van der Waals surface area (Å²) in [5.41, 5.74) is -0.208. The first-order chi connectivity index (χ1) is 16.7. The molecular formula is C21H19FN4O8S. The molecule has 14 heteroatoms. The number of esters is 2. The second kappa shape index (κ2) is 10.7. The number of anilines is 1. The van der Waals surface area contributed by atoms with Gasteiger partial charge in [-0.2, -0.15) is 5.10 Å². The zero-order valence-corrected chi connectivity index (χ0v) is 19.5. The molecule has 0 fully saturated rings. The van der Waals surface area contributed by atoms with Crippen LogP contribution in [-0.2, 0) is 16.2 Å². The number of nitrogens with one attached hydrogen (secondary N) is 1. The standard InChI is InChI=1S/C21H19FN4O8S/c1-4-33-21(29)17-11(2)16(20(28)32-3)19(35-17)23-18(27)13-7-8-25(24-13)10-34-15-9-12(22)5-6-14(15)26(30)31/h5-9H,4,10H2,1-3H3,(H,23,27). The molecule has 0 unspecified atom stereocenters. The number of ether oxygens (including phenoxy) is 3. The lowest BCUT2D eigenvalue weighted by Gasteiger charge is -2.07. The highest BCUT2D eigenvalue weighted by molar-refractivity contribution is 7.18. The number of aromatic nitrogens is 2. The van der Waals surface area contributed by atoms with Crippen molar-refractivity contribution < 1.29 is 37.9 Å². The Bertz CT molecular complexity index is 1300. The predicted molar refractivity (Wildman–Crippen MR) is 120 cm³/mol. The normalized spacial score (nSPS) is 10.5. The van der Waals surface area contributed by atoms with Crippen LogP contribution in [0.1, 0.15) is 43.0 Å². The highest BCUT2D eigenvalue weighted by Crippen LogP contribution is 2.34. The Hall–Kier alpha value is -4.33. The lowest BCUT2D eigenvalue weighted by atomic mass is 10.1. The van der Waals surface area contributed by atoms with E-state index in [9.17, 15) is 28.9 Å². The van der Waals surface area contributed by atoms with Crippen LogP contribution in [0.2, 0.25) is 0 Å². The number of carbonyl (C=O) groups is 3. The molecule has 35 heavy (non-hydrogen) atoms. The topological polar surface area (TPSA) is 152 Å². The quantitative estimate of drug-likeness (QED) is 0.261. The Morgan fingerprint density at radius 1 is 1.26 bits per heavy atom. The van der Waals surface area contributed by atoms with E-state index in [1.54, 1.807) is 6.92 Å². The third kappa shape index (κ3) is 5.60. The van der Waals surface area contributed by atoms with Crippen molar-refractivity contribution in [3.63, 3.8) is 0 Å². The van der Waals surface area contributed by atoms with E-state index < -0.39 is 34.3 Å². The summed E-state index contributed by atoms with van der Waals surface area (Å²) in [5, 5.41) is 17.7. The second-order valence-electron chi connectivity index (χ2n) is 6.81. The molecule has 0 aliphatic carbocycles. The molecule has 0 aliphatic rings. The van der Waals surface area contributed by atoms with Gasteiger partial charge >= 0.3 is 17.6 Å². The monoisotopic (exact) mass is 506 g/mol. The van der Waals surface area contributed by atoms with Gasteiger partial charge in [0.2, 0.25) is 5.75 Å². The number of methoxy groups -OCH3 is 1. The maximum Gasteiger partial charge on any atom is 0.348 e. The molecule has 3 rings (SSSR count). The van der Waals surface area contributed by atoms with E-state index in [1.807, 2.05) is 0 Å². The van der Waals surface area contributed by atoms with Gasteiger partial charge in [0, 0.05) is 18.3 Å². The number of hydrogen-bond donors (Lipinski definition) is 1. The molecule has 0 aliphatic heterocycles. The minimum atomic E-state index is -0.750. The van der Waals surface area contributed by atoms with E-state index in [0.717, 1.165) is 34.2 Å². The first-order valence-electron chi connectivity index (χ1n) is 9.96. The number of halogens is 1. The van der Waals surface area contributed by atoms with Crippen LogP contribution in [0.5, 0.6) is 5.75 Å². The molecule has 1 N–H and O–H groups in total. The van der Waals surface area contributed by atoms with Crippen molar-refractivity contribution in [1.29, 1.82) is 0 Å². The zero-order valence-electron chi connectivity index (χ0n) is 18.7. The summed E-state index contributed by atoms with van der Waals surface area (Å²) in [4.78, 5) is 47.7. The van der Waals surface area contributed by atoms with Gasteiger partial charge in [0.15, 0.2) is 12.4 Å². The van der Waals surface area contributed by atoms with Crippen molar-refractivity contribution in [1.82, 2.24) is 9.78 Å². The number of benzene rings is 1.